The number of carboxylic acid groups (broad SMARTS) is 1. The van der Waals surface area contributed by atoms with Gasteiger partial charge in [0.05, 0.1) is 16.8 Å². The van der Waals surface area contributed by atoms with E-state index in [0.717, 1.165) is 35.1 Å². The van der Waals surface area contributed by atoms with E-state index in [0.29, 0.717) is 0 Å². The lowest BCUT2D eigenvalue weighted by molar-refractivity contribution is -0.133. The monoisotopic (exact) mass is 332 g/mol. The summed E-state index contributed by atoms with van der Waals surface area (Å²) < 4.78 is 2.38. The van der Waals surface area contributed by atoms with Gasteiger partial charge in [-0.25, -0.2) is 4.98 Å². The van der Waals surface area contributed by atoms with Gasteiger partial charge in [0.2, 0.25) is 0 Å². The molecule has 0 radical (unpaired) electrons. The summed E-state index contributed by atoms with van der Waals surface area (Å²) in [5.74, 6) is 1.25. The van der Waals surface area contributed by atoms with Crippen LogP contribution in [0.4, 0.5) is 0 Å². The summed E-state index contributed by atoms with van der Waals surface area (Å²) in [6.45, 7) is 7.77. The number of aromatic nitrogens is 2. The highest BCUT2D eigenvalue weighted by molar-refractivity contribution is 8.00. The molecular weight excluding hydrogens is 308 g/mol. The van der Waals surface area contributed by atoms with E-state index in [2.05, 4.69) is 31.4 Å². The van der Waals surface area contributed by atoms with Crippen LogP contribution in [0.2, 0.25) is 0 Å². The number of nitrogens with zero attached hydrogens (tertiary/aromatic N) is 2. The van der Waals surface area contributed by atoms with E-state index in [9.17, 15) is 4.79 Å². The van der Waals surface area contributed by atoms with Gasteiger partial charge in [0.25, 0.3) is 0 Å². The molecule has 0 amide bonds. The van der Waals surface area contributed by atoms with Gasteiger partial charge in [0, 0.05) is 17.9 Å². The third kappa shape index (κ3) is 4.28. The van der Waals surface area contributed by atoms with Crippen molar-refractivity contribution in [2.45, 2.75) is 51.5 Å². The van der Waals surface area contributed by atoms with Gasteiger partial charge < -0.3 is 9.67 Å². The number of benzene rings is 1. The van der Waals surface area contributed by atoms with E-state index in [1.165, 1.54) is 30.1 Å². The van der Waals surface area contributed by atoms with Crippen molar-refractivity contribution in [1.29, 1.82) is 0 Å². The maximum Gasteiger partial charge on any atom is 0.313 e. The first-order valence-corrected chi connectivity index (χ1v) is 9.14. The van der Waals surface area contributed by atoms with E-state index < -0.39 is 5.97 Å². The molecule has 0 spiro atoms. The quantitative estimate of drug-likeness (QED) is 0.805. The number of rotatable bonds is 6. The molecule has 2 aromatic rings. The normalized spacial score (nSPS) is 15.3. The van der Waals surface area contributed by atoms with Gasteiger partial charge in [-0.3, -0.25) is 4.79 Å². The Kier molecular flexibility index (Phi) is 4.41. The second kappa shape index (κ2) is 6.19. The van der Waals surface area contributed by atoms with Gasteiger partial charge in [-0.2, -0.15) is 0 Å². The van der Waals surface area contributed by atoms with E-state index in [-0.39, 0.29) is 11.2 Å². The zero-order valence-electron chi connectivity index (χ0n) is 14.0. The topological polar surface area (TPSA) is 55.1 Å². The molecule has 124 valence electrons. The fourth-order valence-electron chi connectivity index (χ4n) is 2.77. The molecule has 3 rings (SSSR count). The molecule has 4 nitrogen and oxygen atoms in total. The number of carbonyl (C=O) groups is 1. The minimum absolute atomic E-state index is 0.0864. The van der Waals surface area contributed by atoms with Crippen molar-refractivity contribution in [2.75, 3.05) is 5.75 Å². The Bertz CT molecular complexity index is 726. The molecule has 1 aliphatic rings. The summed E-state index contributed by atoms with van der Waals surface area (Å²) >= 11 is 1.35. The Morgan fingerprint density at radius 1 is 1.39 bits per heavy atom. The van der Waals surface area contributed by atoms with Gasteiger partial charge in [-0.1, -0.05) is 20.8 Å². The Balaban J connectivity index is 1.94. The SMILES string of the molecule is CC(C)(C)Cc1nc2cc(SCC(=O)O)ccc2n1CC1CC1. The summed E-state index contributed by atoms with van der Waals surface area (Å²) in [7, 11) is 0. The lowest BCUT2D eigenvalue weighted by Crippen LogP contribution is -2.15. The molecule has 23 heavy (non-hydrogen) atoms. The number of carboxylic acids is 1. The molecule has 1 fully saturated rings. The third-order valence-electron chi connectivity index (χ3n) is 3.99. The molecule has 1 heterocycles. The van der Waals surface area contributed by atoms with Crippen molar-refractivity contribution in [1.82, 2.24) is 9.55 Å². The van der Waals surface area contributed by atoms with Crippen molar-refractivity contribution < 1.29 is 9.90 Å². The van der Waals surface area contributed by atoms with Crippen LogP contribution in [0.25, 0.3) is 11.0 Å². The molecule has 0 unspecified atom stereocenters. The molecule has 0 saturated heterocycles. The number of hydrogen-bond donors (Lipinski definition) is 1. The molecule has 1 saturated carbocycles. The molecule has 1 aromatic carbocycles. The van der Waals surface area contributed by atoms with Gasteiger partial charge in [0.15, 0.2) is 0 Å². The summed E-state index contributed by atoms with van der Waals surface area (Å²) in [5.41, 5.74) is 2.36. The van der Waals surface area contributed by atoms with Crippen LogP contribution in [0.15, 0.2) is 23.1 Å². The summed E-state index contributed by atoms with van der Waals surface area (Å²) in [5, 5.41) is 8.83. The van der Waals surface area contributed by atoms with Gasteiger partial charge in [-0.15, -0.1) is 11.8 Å². The van der Waals surface area contributed by atoms with Crippen LogP contribution < -0.4 is 0 Å². The van der Waals surface area contributed by atoms with Crippen molar-refractivity contribution in [3.8, 4) is 0 Å². The fourth-order valence-corrected chi connectivity index (χ4v) is 3.42. The van der Waals surface area contributed by atoms with Crippen molar-refractivity contribution in [2.24, 2.45) is 11.3 Å². The predicted octanol–water partition coefficient (Wildman–Crippen LogP) is 4.21. The maximum absolute atomic E-state index is 10.7. The van der Waals surface area contributed by atoms with Crippen molar-refractivity contribution >= 4 is 28.8 Å². The number of fused-ring (bicyclic) bond motifs is 1. The molecule has 1 N–H and O–H groups in total. The van der Waals surface area contributed by atoms with Crippen LogP contribution in [-0.4, -0.2) is 26.4 Å². The van der Waals surface area contributed by atoms with Gasteiger partial charge in [-0.05, 0) is 42.4 Å². The Hall–Kier alpha value is -1.49. The lowest BCUT2D eigenvalue weighted by Gasteiger charge is -2.18. The van der Waals surface area contributed by atoms with E-state index >= 15 is 0 Å². The highest BCUT2D eigenvalue weighted by Gasteiger charge is 2.25. The van der Waals surface area contributed by atoms with Gasteiger partial charge >= 0.3 is 5.97 Å². The molecule has 0 atom stereocenters. The first-order valence-electron chi connectivity index (χ1n) is 8.15. The maximum atomic E-state index is 10.7. The lowest BCUT2D eigenvalue weighted by atomic mass is 9.92. The number of imidazole rings is 1. The van der Waals surface area contributed by atoms with E-state index in [4.69, 9.17) is 10.1 Å². The van der Waals surface area contributed by atoms with Crippen LogP contribution >= 0.6 is 11.8 Å². The highest BCUT2D eigenvalue weighted by Crippen LogP contribution is 2.34. The fraction of sp³-hybridized carbons (Fsp3) is 0.556. The largest absolute Gasteiger partial charge is 0.481 e. The standard InChI is InChI=1S/C18H24N2O2S/c1-18(2,3)9-16-19-14-8-13(23-11-17(21)22)6-7-15(14)20(16)10-12-4-5-12/h6-8,12H,4-5,9-11H2,1-3H3,(H,21,22). The smallest absolute Gasteiger partial charge is 0.313 e. The first-order chi connectivity index (χ1) is 10.8. The van der Waals surface area contributed by atoms with Crippen LogP contribution in [-0.2, 0) is 17.8 Å². The average Bonchev–Trinajstić information content (AvgIpc) is 3.19. The number of hydrogen-bond acceptors (Lipinski definition) is 3. The van der Waals surface area contributed by atoms with Crippen LogP contribution in [0.1, 0.15) is 39.4 Å². The summed E-state index contributed by atoms with van der Waals surface area (Å²) in [4.78, 5) is 16.6. The zero-order valence-corrected chi connectivity index (χ0v) is 14.8. The predicted molar refractivity (Wildman–Crippen MR) is 94.0 cm³/mol. The van der Waals surface area contributed by atoms with E-state index in [1.54, 1.807) is 0 Å². The molecule has 1 aromatic heterocycles. The van der Waals surface area contributed by atoms with E-state index in [1.807, 2.05) is 12.1 Å². The zero-order chi connectivity index (χ0) is 16.6. The molecular formula is C18H24N2O2S. The number of thioether (sulfide) groups is 1. The van der Waals surface area contributed by atoms with Crippen LogP contribution in [0.3, 0.4) is 0 Å². The highest BCUT2D eigenvalue weighted by atomic mass is 32.2. The Morgan fingerprint density at radius 2 is 2.13 bits per heavy atom. The Morgan fingerprint density at radius 3 is 2.74 bits per heavy atom. The minimum atomic E-state index is -0.789. The molecule has 5 heteroatoms. The second-order valence-electron chi connectivity index (χ2n) is 7.65. The Labute approximate surface area is 141 Å². The number of aliphatic carboxylic acids is 1. The van der Waals surface area contributed by atoms with Crippen molar-refractivity contribution in [3.63, 3.8) is 0 Å². The molecule has 1 aliphatic carbocycles. The van der Waals surface area contributed by atoms with Gasteiger partial charge in [0.1, 0.15) is 5.82 Å². The second-order valence-corrected chi connectivity index (χ2v) is 8.70. The molecule has 0 aliphatic heterocycles. The van der Waals surface area contributed by atoms with Crippen LogP contribution in [0, 0.1) is 11.3 Å². The van der Waals surface area contributed by atoms with Crippen molar-refractivity contribution in [3.05, 3.63) is 24.0 Å². The van der Waals surface area contributed by atoms with Crippen LogP contribution in [0.5, 0.6) is 0 Å². The molecule has 0 bridgehead atoms. The summed E-state index contributed by atoms with van der Waals surface area (Å²) in [6.07, 6.45) is 3.59. The minimum Gasteiger partial charge on any atom is -0.481 e. The first kappa shape index (κ1) is 16.4. The average molecular weight is 332 g/mol. The summed E-state index contributed by atoms with van der Waals surface area (Å²) in [6, 6.07) is 6.14. The third-order valence-corrected chi connectivity index (χ3v) is 4.97.